The van der Waals surface area contributed by atoms with Gasteiger partial charge in [-0.15, -0.1) is 0 Å². The first kappa shape index (κ1) is 16.4. The number of carbonyl (C=O) groups is 2. The topological polar surface area (TPSA) is 59.5 Å². The Hall–Kier alpha value is -0.980. The van der Waals surface area contributed by atoms with E-state index < -0.39 is 0 Å². The van der Waals surface area contributed by atoms with Crippen LogP contribution in [-0.4, -0.2) is 53.0 Å². The molecule has 2 heterocycles. The molecule has 1 saturated heterocycles. The summed E-state index contributed by atoms with van der Waals surface area (Å²) in [6, 6.07) is 2.77. The third-order valence-electron chi connectivity index (χ3n) is 3.13. The number of aromatic nitrogens is 1. The van der Waals surface area contributed by atoms with Gasteiger partial charge in [0.1, 0.15) is 10.3 Å². The molecule has 0 saturated carbocycles. The maximum absolute atomic E-state index is 12.6. The number of methoxy groups -OCH3 is 1. The Bertz CT molecular complexity index is 536. The number of halogens is 2. The lowest BCUT2D eigenvalue weighted by atomic mass is 10.1. The molecule has 0 aromatic carbocycles. The quantitative estimate of drug-likeness (QED) is 0.620. The summed E-state index contributed by atoms with van der Waals surface area (Å²) in [6.45, 7) is 0.572. The first-order valence-corrected chi connectivity index (χ1v) is 8.21. The van der Waals surface area contributed by atoms with Gasteiger partial charge in [-0.3, -0.25) is 9.59 Å². The van der Waals surface area contributed by atoms with Gasteiger partial charge in [-0.1, -0.05) is 23.2 Å². The highest BCUT2D eigenvalue weighted by Gasteiger charge is 2.30. The standard InChI is InChI=1S/C13H14Cl2N2O3S/c1-20-12(18)6-9-7-21-3-2-17(9)13(19)8-4-10(14)16-11(15)5-8/h4-5,9H,2-3,6-7H2,1H3/t9-/m1/s1. The van der Waals surface area contributed by atoms with Crippen molar-refractivity contribution in [2.24, 2.45) is 0 Å². The molecule has 0 unspecified atom stereocenters. The normalized spacial score (nSPS) is 18.4. The highest BCUT2D eigenvalue weighted by atomic mass is 35.5. The number of ether oxygens (including phenoxy) is 1. The van der Waals surface area contributed by atoms with Crippen molar-refractivity contribution in [2.75, 3.05) is 25.2 Å². The van der Waals surface area contributed by atoms with Gasteiger partial charge in [0, 0.05) is 23.6 Å². The first-order valence-electron chi connectivity index (χ1n) is 6.30. The molecular formula is C13H14Cl2N2O3S. The molecule has 1 atom stereocenters. The zero-order valence-corrected chi connectivity index (χ0v) is 13.7. The lowest BCUT2D eigenvalue weighted by Gasteiger charge is -2.35. The summed E-state index contributed by atoms with van der Waals surface area (Å²) in [4.78, 5) is 29.6. The van der Waals surface area contributed by atoms with E-state index in [4.69, 9.17) is 23.2 Å². The first-order chi connectivity index (χ1) is 10.0. The number of nitrogens with zero attached hydrogens (tertiary/aromatic N) is 2. The Morgan fingerprint density at radius 2 is 2.10 bits per heavy atom. The molecule has 0 N–H and O–H groups in total. The fourth-order valence-electron chi connectivity index (χ4n) is 2.12. The number of rotatable bonds is 3. The van der Waals surface area contributed by atoms with Crippen molar-refractivity contribution in [3.63, 3.8) is 0 Å². The van der Waals surface area contributed by atoms with Crippen molar-refractivity contribution in [2.45, 2.75) is 12.5 Å². The molecular weight excluding hydrogens is 335 g/mol. The zero-order valence-electron chi connectivity index (χ0n) is 11.3. The average Bonchev–Trinajstić information content (AvgIpc) is 2.46. The molecule has 0 spiro atoms. The van der Waals surface area contributed by atoms with Crippen molar-refractivity contribution in [1.82, 2.24) is 9.88 Å². The molecule has 1 aliphatic rings. The van der Waals surface area contributed by atoms with Crippen molar-refractivity contribution in [3.8, 4) is 0 Å². The van der Waals surface area contributed by atoms with Crippen LogP contribution in [0.25, 0.3) is 0 Å². The second kappa shape index (κ2) is 7.33. The van der Waals surface area contributed by atoms with E-state index in [9.17, 15) is 9.59 Å². The van der Waals surface area contributed by atoms with E-state index in [-0.39, 0.29) is 34.6 Å². The van der Waals surface area contributed by atoms with Crippen LogP contribution in [0.15, 0.2) is 12.1 Å². The highest BCUT2D eigenvalue weighted by molar-refractivity contribution is 7.99. The lowest BCUT2D eigenvalue weighted by molar-refractivity contribution is -0.141. The van der Waals surface area contributed by atoms with E-state index in [1.165, 1.54) is 19.2 Å². The van der Waals surface area contributed by atoms with Crippen LogP contribution in [0.3, 0.4) is 0 Å². The highest BCUT2D eigenvalue weighted by Crippen LogP contribution is 2.23. The Balaban J connectivity index is 2.19. The van der Waals surface area contributed by atoms with Crippen LogP contribution >= 0.6 is 35.0 Å². The average molecular weight is 349 g/mol. The second-order valence-corrected chi connectivity index (χ2v) is 6.43. The molecule has 0 aliphatic carbocycles. The van der Waals surface area contributed by atoms with Gasteiger partial charge in [0.15, 0.2) is 0 Å². The molecule has 1 aliphatic heterocycles. The summed E-state index contributed by atoms with van der Waals surface area (Å²) in [5, 5.41) is 0.337. The minimum absolute atomic E-state index is 0.168. The summed E-state index contributed by atoms with van der Waals surface area (Å²) >= 11 is 13.4. The van der Waals surface area contributed by atoms with Gasteiger partial charge in [0.2, 0.25) is 0 Å². The number of esters is 1. The van der Waals surface area contributed by atoms with Crippen molar-refractivity contribution < 1.29 is 14.3 Å². The zero-order chi connectivity index (χ0) is 15.4. The Morgan fingerprint density at radius 3 is 2.71 bits per heavy atom. The van der Waals surface area contributed by atoms with E-state index >= 15 is 0 Å². The molecule has 0 bridgehead atoms. The van der Waals surface area contributed by atoms with Gasteiger partial charge in [0.25, 0.3) is 5.91 Å². The number of pyridine rings is 1. The van der Waals surface area contributed by atoms with E-state index in [1.807, 2.05) is 0 Å². The van der Waals surface area contributed by atoms with Crippen LogP contribution in [0.1, 0.15) is 16.8 Å². The van der Waals surface area contributed by atoms with Gasteiger partial charge in [-0.25, -0.2) is 4.98 Å². The van der Waals surface area contributed by atoms with E-state index in [0.717, 1.165) is 5.75 Å². The maximum Gasteiger partial charge on any atom is 0.307 e. The fourth-order valence-corrected chi connectivity index (χ4v) is 3.64. The molecule has 5 nitrogen and oxygen atoms in total. The molecule has 1 aromatic heterocycles. The number of amides is 1. The van der Waals surface area contributed by atoms with Gasteiger partial charge in [-0.05, 0) is 12.1 Å². The molecule has 1 fully saturated rings. The predicted octanol–water partition coefficient (Wildman–Crippen LogP) is 2.51. The number of thioether (sulfide) groups is 1. The van der Waals surface area contributed by atoms with Crippen LogP contribution in [-0.2, 0) is 9.53 Å². The predicted molar refractivity (Wildman–Crippen MR) is 83.0 cm³/mol. The lowest BCUT2D eigenvalue weighted by Crippen LogP contribution is -2.47. The second-order valence-electron chi connectivity index (χ2n) is 4.51. The summed E-state index contributed by atoms with van der Waals surface area (Å²) in [5.74, 6) is 1.00. The van der Waals surface area contributed by atoms with Crippen molar-refractivity contribution >= 4 is 46.8 Å². The summed E-state index contributed by atoms with van der Waals surface area (Å²) in [7, 11) is 1.34. The molecule has 21 heavy (non-hydrogen) atoms. The monoisotopic (exact) mass is 348 g/mol. The summed E-state index contributed by atoms with van der Waals surface area (Å²) < 4.78 is 4.69. The Kier molecular flexibility index (Phi) is 5.72. The third kappa shape index (κ3) is 4.25. The van der Waals surface area contributed by atoms with Crippen molar-refractivity contribution in [1.29, 1.82) is 0 Å². The van der Waals surface area contributed by atoms with Crippen LogP contribution in [0, 0.1) is 0 Å². The maximum atomic E-state index is 12.6. The molecule has 1 amide bonds. The SMILES string of the molecule is COC(=O)C[C@@H]1CSCCN1C(=O)c1cc(Cl)nc(Cl)c1. The molecule has 0 radical (unpaired) electrons. The van der Waals surface area contributed by atoms with Gasteiger partial charge in [0.05, 0.1) is 19.6 Å². The van der Waals surface area contributed by atoms with E-state index in [0.29, 0.717) is 17.9 Å². The van der Waals surface area contributed by atoms with Crippen LogP contribution in [0.2, 0.25) is 10.3 Å². The Labute approximate surface area is 136 Å². The molecule has 1 aromatic rings. The van der Waals surface area contributed by atoms with Crippen molar-refractivity contribution in [3.05, 3.63) is 28.0 Å². The smallest absolute Gasteiger partial charge is 0.307 e. The fraction of sp³-hybridized carbons (Fsp3) is 0.462. The van der Waals surface area contributed by atoms with Crippen LogP contribution in [0.4, 0.5) is 0 Å². The van der Waals surface area contributed by atoms with E-state index in [1.54, 1.807) is 16.7 Å². The largest absolute Gasteiger partial charge is 0.469 e. The minimum Gasteiger partial charge on any atom is -0.469 e. The number of hydrogen-bond donors (Lipinski definition) is 0. The number of carbonyl (C=O) groups excluding carboxylic acids is 2. The Morgan fingerprint density at radius 1 is 1.43 bits per heavy atom. The summed E-state index contributed by atoms with van der Waals surface area (Å²) in [5.41, 5.74) is 0.377. The minimum atomic E-state index is -0.328. The molecule has 2 rings (SSSR count). The van der Waals surface area contributed by atoms with Gasteiger partial charge >= 0.3 is 5.97 Å². The van der Waals surface area contributed by atoms with Gasteiger partial charge < -0.3 is 9.64 Å². The van der Waals surface area contributed by atoms with Gasteiger partial charge in [-0.2, -0.15) is 11.8 Å². The molecule has 114 valence electrons. The third-order valence-corrected chi connectivity index (χ3v) is 4.61. The van der Waals surface area contributed by atoms with Crippen LogP contribution < -0.4 is 0 Å². The summed E-state index contributed by atoms with van der Waals surface area (Å²) in [6.07, 6.45) is 0.182. The van der Waals surface area contributed by atoms with Crippen LogP contribution in [0.5, 0.6) is 0 Å². The number of hydrogen-bond acceptors (Lipinski definition) is 5. The molecule has 8 heteroatoms. The van der Waals surface area contributed by atoms with E-state index in [2.05, 4.69) is 9.72 Å².